The van der Waals surface area contributed by atoms with Crippen molar-refractivity contribution in [3.63, 3.8) is 0 Å². The molecule has 0 spiro atoms. The lowest BCUT2D eigenvalue weighted by atomic mass is 10.00. The number of para-hydroxylation sites is 1. The molecular formula is C23H21NO3. The molecule has 3 rings (SSSR count). The van der Waals surface area contributed by atoms with Gasteiger partial charge in [-0.1, -0.05) is 66.7 Å². The highest BCUT2D eigenvalue weighted by atomic mass is 16.5. The van der Waals surface area contributed by atoms with Gasteiger partial charge in [0.25, 0.3) is 5.91 Å². The molecule has 0 saturated heterocycles. The molecule has 0 saturated carbocycles. The van der Waals surface area contributed by atoms with Crippen LogP contribution in [0.5, 0.6) is 0 Å². The van der Waals surface area contributed by atoms with Crippen molar-refractivity contribution in [3.05, 3.63) is 102 Å². The van der Waals surface area contributed by atoms with E-state index in [1.807, 2.05) is 60.7 Å². The number of esters is 1. The molecule has 0 fully saturated rings. The van der Waals surface area contributed by atoms with Gasteiger partial charge in [-0.15, -0.1) is 0 Å². The van der Waals surface area contributed by atoms with Crippen LogP contribution < -0.4 is 5.32 Å². The molecule has 3 aromatic carbocycles. The maximum absolute atomic E-state index is 12.6. The van der Waals surface area contributed by atoms with E-state index in [1.165, 1.54) is 0 Å². The summed E-state index contributed by atoms with van der Waals surface area (Å²) < 4.78 is 5.40. The number of nitrogens with one attached hydrogen (secondary N) is 1. The van der Waals surface area contributed by atoms with Crippen molar-refractivity contribution in [1.29, 1.82) is 0 Å². The molecule has 4 heteroatoms. The van der Waals surface area contributed by atoms with E-state index in [0.717, 1.165) is 11.1 Å². The zero-order valence-electron chi connectivity index (χ0n) is 15.1. The van der Waals surface area contributed by atoms with Gasteiger partial charge in [-0.3, -0.25) is 4.79 Å². The number of anilines is 1. The molecule has 0 aliphatic carbocycles. The zero-order chi connectivity index (χ0) is 19.1. The van der Waals surface area contributed by atoms with E-state index in [4.69, 9.17) is 4.74 Å². The fraction of sp³-hybridized carbons (Fsp3) is 0.130. The van der Waals surface area contributed by atoms with E-state index in [9.17, 15) is 9.59 Å². The van der Waals surface area contributed by atoms with Gasteiger partial charge in [-0.25, -0.2) is 4.79 Å². The van der Waals surface area contributed by atoms with Gasteiger partial charge in [0.15, 0.2) is 6.10 Å². The Bertz CT molecular complexity index is 907. The molecule has 1 atom stereocenters. The Labute approximate surface area is 158 Å². The van der Waals surface area contributed by atoms with Crippen molar-refractivity contribution in [2.24, 2.45) is 0 Å². The summed E-state index contributed by atoms with van der Waals surface area (Å²) in [6.45, 7) is 1.57. The SMILES string of the molecule is C[C@H](OC(=O)c1ccccc1Cc1ccccc1)C(=O)Nc1ccccc1. The third kappa shape index (κ3) is 5.05. The largest absolute Gasteiger partial charge is 0.449 e. The molecule has 3 aromatic rings. The second-order valence-electron chi connectivity index (χ2n) is 6.22. The Balaban J connectivity index is 1.68. The summed E-state index contributed by atoms with van der Waals surface area (Å²) in [6, 6.07) is 26.3. The number of amides is 1. The van der Waals surface area contributed by atoms with Crippen LogP contribution >= 0.6 is 0 Å². The normalized spacial score (nSPS) is 11.4. The molecule has 4 nitrogen and oxygen atoms in total. The Kier molecular flexibility index (Phi) is 6.00. The van der Waals surface area contributed by atoms with Crippen LogP contribution in [0.25, 0.3) is 0 Å². The molecule has 0 bridgehead atoms. The van der Waals surface area contributed by atoms with E-state index < -0.39 is 12.1 Å². The van der Waals surface area contributed by atoms with Crippen molar-refractivity contribution >= 4 is 17.6 Å². The van der Waals surface area contributed by atoms with Crippen LogP contribution in [-0.2, 0) is 16.0 Å². The van der Waals surface area contributed by atoms with Crippen LogP contribution in [0.4, 0.5) is 5.69 Å². The Hall–Kier alpha value is -3.40. The quantitative estimate of drug-likeness (QED) is 0.661. The highest BCUT2D eigenvalue weighted by Crippen LogP contribution is 2.16. The lowest BCUT2D eigenvalue weighted by molar-refractivity contribution is -0.123. The number of rotatable bonds is 6. The smallest absolute Gasteiger partial charge is 0.339 e. The maximum Gasteiger partial charge on any atom is 0.339 e. The maximum atomic E-state index is 12.6. The number of carbonyl (C=O) groups is 2. The van der Waals surface area contributed by atoms with Crippen LogP contribution in [0.15, 0.2) is 84.9 Å². The van der Waals surface area contributed by atoms with E-state index in [2.05, 4.69) is 5.32 Å². The average molecular weight is 359 g/mol. The van der Waals surface area contributed by atoms with Crippen LogP contribution in [0.2, 0.25) is 0 Å². The Morgan fingerprint density at radius 2 is 1.44 bits per heavy atom. The average Bonchev–Trinajstić information content (AvgIpc) is 2.70. The minimum absolute atomic E-state index is 0.366. The summed E-state index contributed by atoms with van der Waals surface area (Å²) in [5, 5.41) is 2.74. The highest BCUT2D eigenvalue weighted by Gasteiger charge is 2.20. The predicted molar refractivity (Wildman–Crippen MR) is 106 cm³/mol. The van der Waals surface area contributed by atoms with E-state index in [-0.39, 0.29) is 5.91 Å². The fourth-order valence-corrected chi connectivity index (χ4v) is 2.73. The zero-order valence-corrected chi connectivity index (χ0v) is 15.1. The minimum atomic E-state index is -0.900. The second-order valence-corrected chi connectivity index (χ2v) is 6.22. The summed E-state index contributed by atoms with van der Waals surface area (Å²) in [6.07, 6.45) is -0.279. The van der Waals surface area contributed by atoms with Crippen LogP contribution in [0.1, 0.15) is 28.4 Å². The van der Waals surface area contributed by atoms with Gasteiger partial charge in [-0.05, 0) is 42.7 Å². The standard InChI is InChI=1S/C23H21NO3/c1-17(22(25)24-20-13-6-3-7-14-20)27-23(26)21-15-9-8-12-19(21)16-18-10-4-2-5-11-18/h2-15,17H,16H2,1H3,(H,24,25)/t17-/m0/s1. The summed E-state index contributed by atoms with van der Waals surface area (Å²) in [7, 11) is 0. The predicted octanol–water partition coefficient (Wildman–Crippen LogP) is 4.46. The van der Waals surface area contributed by atoms with Crippen molar-refractivity contribution < 1.29 is 14.3 Å². The molecule has 0 radical (unpaired) electrons. The fourth-order valence-electron chi connectivity index (χ4n) is 2.73. The number of hydrogen-bond donors (Lipinski definition) is 1. The van der Waals surface area contributed by atoms with Gasteiger partial charge in [0, 0.05) is 5.69 Å². The number of benzene rings is 3. The van der Waals surface area contributed by atoms with E-state index >= 15 is 0 Å². The molecule has 1 amide bonds. The Morgan fingerprint density at radius 3 is 2.15 bits per heavy atom. The third-order valence-electron chi connectivity index (χ3n) is 4.17. The highest BCUT2D eigenvalue weighted by molar-refractivity contribution is 5.97. The summed E-state index contributed by atoms with van der Waals surface area (Å²) in [4.78, 5) is 24.9. The molecule has 0 heterocycles. The molecule has 0 aliphatic rings. The first-order chi connectivity index (χ1) is 13.1. The molecule has 27 heavy (non-hydrogen) atoms. The lowest BCUT2D eigenvalue weighted by Crippen LogP contribution is -2.30. The van der Waals surface area contributed by atoms with Gasteiger partial charge in [0.05, 0.1) is 5.56 Å². The summed E-state index contributed by atoms with van der Waals surface area (Å²) in [5.41, 5.74) is 3.10. The van der Waals surface area contributed by atoms with Gasteiger partial charge in [0.2, 0.25) is 0 Å². The van der Waals surface area contributed by atoms with E-state index in [1.54, 1.807) is 31.2 Å². The van der Waals surface area contributed by atoms with Crippen molar-refractivity contribution in [3.8, 4) is 0 Å². The molecule has 1 N–H and O–H groups in total. The first-order valence-electron chi connectivity index (χ1n) is 8.82. The van der Waals surface area contributed by atoms with Crippen LogP contribution in [-0.4, -0.2) is 18.0 Å². The summed E-state index contributed by atoms with van der Waals surface area (Å²) in [5.74, 6) is -0.868. The monoisotopic (exact) mass is 359 g/mol. The number of carbonyl (C=O) groups excluding carboxylic acids is 2. The third-order valence-corrected chi connectivity index (χ3v) is 4.17. The number of ether oxygens (including phenoxy) is 1. The van der Waals surface area contributed by atoms with Crippen LogP contribution in [0, 0.1) is 0 Å². The van der Waals surface area contributed by atoms with E-state index in [0.29, 0.717) is 17.7 Å². The number of hydrogen-bond acceptors (Lipinski definition) is 3. The van der Waals surface area contributed by atoms with Gasteiger partial charge >= 0.3 is 5.97 Å². The first kappa shape index (κ1) is 18.4. The van der Waals surface area contributed by atoms with Crippen molar-refractivity contribution in [2.75, 3.05) is 5.32 Å². The molecule has 136 valence electrons. The van der Waals surface area contributed by atoms with Crippen LogP contribution in [0.3, 0.4) is 0 Å². The molecular weight excluding hydrogens is 338 g/mol. The van der Waals surface area contributed by atoms with Gasteiger partial charge < -0.3 is 10.1 Å². The van der Waals surface area contributed by atoms with Gasteiger partial charge in [0.1, 0.15) is 0 Å². The molecule has 0 aromatic heterocycles. The first-order valence-corrected chi connectivity index (χ1v) is 8.82. The van der Waals surface area contributed by atoms with Gasteiger partial charge in [-0.2, -0.15) is 0 Å². The Morgan fingerprint density at radius 1 is 0.852 bits per heavy atom. The lowest BCUT2D eigenvalue weighted by Gasteiger charge is -2.15. The molecule has 0 unspecified atom stereocenters. The van der Waals surface area contributed by atoms with Crippen molar-refractivity contribution in [1.82, 2.24) is 0 Å². The van der Waals surface area contributed by atoms with Crippen molar-refractivity contribution in [2.45, 2.75) is 19.4 Å². The summed E-state index contributed by atoms with van der Waals surface area (Å²) >= 11 is 0. The topological polar surface area (TPSA) is 55.4 Å². The minimum Gasteiger partial charge on any atom is -0.449 e. The second kappa shape index (κ2) is 8.81. The molecule has 0 aliphatic heterocycles.